The summed E-state index contributed by atoms with van der Waals surface area (Å²) >= 11 is 0. The van der Waals surface area contributed by atoms with Gasteiger partial charge < -0.3 is 5.11 Å². The van der Waals surface area contributed by atoms with Gasteiger partial charge in [-0.15, -0.1) is 6.58 Å². The summed E-state index contributed by atoms with van der Waals surface area (Å²) < 4.78 is 24.2. The lowest BCUT2D eigenvalue weighted by atomic mass is 10.1. The Balaban J connectivity index is 3.45. The number of rotatable bonds is 4. The van der Waals surface area contributed by atoms with Gasteiger partial charge in [0, 0.05) is 0 Å². The lowest BCUT2D eigenvalue weighted by Gasteiger charge is -2.11. The van der Waals surface area contributed by atoms with Crippen LogP contribution in [0.15, 0.2) is 35.7 Å². The zero-order chi connectivity index (χ0) is 13.2. The van der Waals surface area contributed by atoms with Crippen molar-refractivity contribution in [2.24, 2.45) is 0 Å². The van der Waals surface area contributed by atoms with Crippen molar-refractivity contribution in [3.63, 3.8) is 0 Å². The maximum atomic E-state index is 12.1. The van der Waals surface area contributed by atoms with Crippen LogP contribution in [0.4, 0.5) is 0 Å². The molecule has 4 nitrogen and oxygen atoms in total. The van der Waals surface area contributed by atoms with Crippen molar-refractivity contribution in [3.8, 4) is 0 Å². The van der Waals surface area contributed by atoms with Crippen LogP contribution >= 0.6 is 0 Å². The predicted octanol–water partition coefficient (Wildman–Crippen LogP) is 2.04. The molecule has 0 aliphatic carbocycles. The van der Waals surface area contributed by atoms with E-state index in [0.29, 0.717) is 5.56 Å². The average Bonchev–Trinajstić information content (AvgIpc) is 2.27. The summed E-state index contributed by atoms with van der Waals surface area (Å²) in [5.74, 6) is -1.15. The molecule has 0 amide bonds. The molecule has 0 saturated carbocycles. The van der Waals surface area contributed by atoms with Crippen molar-refractivity contribution >= 4 is 15.8 Å². The van der Waals surface area contributed by atoms with E-state index in [1.165, 1.54) is 31.2 Å². The number of carboxylic acid groups (broad SMARTS) is 1. The molecule has 1 aromatic rings. The van der Waals surface area contributed by atoms with Crippen LogP contribution in [0.1, 0.15) is 22.8 Å². The molecule has 92 valence electrons. The van der Waals surface area contributed by atoms with E-state index in [-0.39, 0.29) is 10.5 Å². The SMILES string of the molecule is C=CC(C)S(=O)(=O)c1cc(C(=O)O)ccc1C. The standard InChI is InChI=1S/C12H14O4S/c1-4-9(3)17(15,16)11-7-10(12(13)14)6-5-8(11)2/h4-7,9H,1H2,2-3H3,(H,13,14). The highest BCUT2D eigenvalue weighted by Gasteiger charge is 2.23. The molecule has 0 spiro atoms. The first kappa shape index (κ1) is 13.4. The lowest BCUT2D eigenvalue weighted by molar-refractivity contribution is 0.0696. The number of aryl methyl sites for hydroxylation is 1. The van der Waals surface area contributed by atoms with E-state index in [0.717, 1.165) is 0 Å². The molecule has 0 heterocycles. The van der Waals surface area contributed by atoms with Gasteiger partial charge in [0.25, 0.3) is 0 Å². The first-order valence-electron chi connectivity index (χ1n) is 5.01. The van der Waals surface area contributed by atoms with Gasteiger partial charge in [0.1, 0.15) is 0 Å². The van der Waals surface area contributed by atoms with Crippen LogP contribution < -0.4 is 0 Å². The highest BCUT2D eigenvalue weighted by molar-refractivity contribution is 7.92. The summed E-state index contributed by atoms with van der Waals surface area (Å²) in [5, 5.41) is 8.10. The Hall–Kier alpha value is -1.62. The Kier molecular flexibility index (Phi) is 3.72. The van der Waals surface area contributed by atoms with Crippen LogP contribution in [0.5, 0.6) is 0 Å². The molecule has 1 unspecified atom stereocenters. The van der Waals surface area contributed by atoms with Crippen molar-refractivity contribution in [1.82, 2.24) is 0 Å². The van der Waals surface area contributed by atoms with Crippen LogP contribution in [0.25, 0.3) is 0 Å². The number of carbonyl (C=O) groups is 1. The van der Waals surface area contributed by atoms with E-state index in [1.54, 1.807) is 6.92 Å². The van der Waals surface area contributed by atoms with Gasteiger partial charge >= 0.3 is 5.97 Å². The summed E-state index contributed by atoms with van der Waals surface area (Å²) in [6, 6.07) is 4.06. The molecule has 17 heavy (non-hydrogen) atoms. The first-order valence-corrected chi connectivity index (χ1v) is 6.55. The first-order chi connectivity index (χ1) is 7.80. The summed E-state index contributed by atoms with van der Waals surface area (Å²) in [6.45, 7) is 6.59. The second-order valence-electron chi connectivity index (χ2n) is 3.77. The topological polar surface area (TPSA) is 71.4 Å². The Labute approximate surface area is 101 Å². The number of benzene rings is 1. The largest absolute Gasteiger partial charge is 0.478 e. The van der Waals surface area contributed by atoms with Crippen molar-refractivity contribution in [1.29, 1.82) is 0 Å². The minimum atomic E-state index is -3.56. The van der Waals surface area contributed by atoms with Gasteiger partial charge in [0.05, 0.1) is 15.7 Å². The van der Waals surface area contributed by atoms with Crippen molar-refractivity contribution in [2.45, 2.75) is 24.0 Å². The van der Waals surface area contributed by atoms with Gasteiger partial charge in [-0.25, -0.2) is 13.2 Å². The normalized spacial score (nSPS) is 13.1. The third-order valence-electron chi connectivity index (χ3n) is 2.56. The zero-order valence-electron chi connectivity index (χ0n) is 9.67. The summed E-state index contributed by atoms with van der Waals surface area (Å²) in [5.41, 5.74) is 0.495. The minimum absolute atomic E-state index is 0.0366. The monoisotopic (exact) mass is 254 g/mol. The molecular formula is C12H14O4S. The van der Waals surface area contributed by atoms with Crippen molar-refractivity contribution in [2.75, 3.05) is 0 Å². The fourth-order valence-electron chi connectivity index (χ4n) is 1.37. The van der Waals surface area contributed by atoms with E-state index in [9.17, 15) is 13.2 Å². The number of sulfone groups is 1. The highest BCUT2D eigenvalue weighted by Crippen LogP contribution is 2.22. The fraction of sp³-hybridized carbons (Fsp3) is 0.250. The average molecular weight is 254 g/mol. The number of aromatic carboxylic acids is 1. The van der Waals surface area contributed by atoms with Crippen LogP contribution in [0, 0.1) is 6.92 Å². The van der Waals surface area contributed by atoms with Gasteiger partial charge in [-0.3, -0.25) is 0 Å². The Morgan fingerprint density at radius 3 is 2.53 bits per heavy atom. The molecule has 0 aromatic heterocycles. The molecular weight excluding hydrogens is 240 g/mol. The highest BCUT2D eigenvalue weighted by atomic mass is 32.2. The molecule has 1 atom stereocenters. The third-order valence-corrected chi connectivity index (χ3v) is 4.79. The molecule has 0 fully saturated rings. The quantitative estimate of drug-likeness (QED) is 0.835. The molecule has 1 aromatic carbocycles. The van der Waals surface area contributed by atoms with Crippen molar-refractivity contribution in [3.05, 3.63) is 42.0 Å². The van der Waals surface area contributed by atoms with E-state index >= 15 is 0 Å². The molecule has 1 rings (SSSR count). The Morgan fingerprint density at radius 1 is 1.47 bits per heavy atom. The number of hydrogen-bond acceptors (Lipinski definition) is 3. The minimum Gasteiger partial charge on any atom is -0.478 e. The molecule has 0 saturated heterocycles. The number of hydrogen-bond donors (Lipinski definition) is 1. The maximum Gasteiger partial charge on any atom is 0.335 e. The van der Waals surface area contributed by atoms with Gasteiger partial charge in [0.15, 0.2) is 9.84 Å². The zero-order valence-corrected chi connectivity index (χ0v) is 10.5. The van der Waals surface area contributed by atoms with E-state index in [2.05, 4.69) is 6.58 Å². The summed E-state index contributed by atoms with van der Waals surface area (Å²) in [4.78, 5) is 10.9. The van der Waals surface area contributed by atoms with E-state index in [4.69, 9.17) is 5.11 Å². The summed E-state index contributed by atoms with van der Waals surface area (Å²) in [6.07, 6.45) is 1.32. The second-order valence-corrected chi connectivity index (χ2v) is 6.04. The van der Waals surface area contributed by atoms with Crippen LogP contribution in [-0.2, 0) is 9.84 Å². The molecule has 0 aliphatic rings. The lowest BCUT2D eigenvalue weighted by Crippen LogP contribution is -2.17. The van der Waals surface area contributed by atoms with Gasteiger partial charge in [0.2, 0.25) is 0 Å². The smallest absolute Gasteiger partial charge is 0.335 e. The Morgan fingerprint density at radius 2 is 2.06 bits per heavy atom. The third kappa shape index (κ3) is 2.55. The van der Waals surface area contributed by atoms with Crippen molar-refractivity contribution < 1.29 is 18.3 Å². The molecule has 5 heteroatoms. The van der Waals surface area contributed by atoms with Crippen LogP contribution in [0.2, 0.25) is 0 Å². The van der Waals surface area contributed by atoms with Gasteiger partial charge in [-0.2, -0.15) is 0 Å². The summed E-state index contributed by atoms with van der Waals surface area (Å²) in [7, 11) is -3.56. The maximum absolute atomic E-state index is 12.1. The number of carboxylic acids is 1. The predicted molar refractivity (Wildman–Crippen MR) is 65.0 cm³/mol. The molecule has 0 radical (unpaired) electrons. The second kappa shape index (κ2) is 4.71. The molecule has 0 aliphatic heterocycles. The Bertz CT molecular complexity index is 558. The van der Waals surface area contributed by atoms with Gasteiger partial charge in [-0.05, 0) is 31.5 Å². The molecule has 0 bridgehead atoms. The van der Waals surface area contributed by atoms with Crippen LogP contribution in [-0.4, -0.2) is 24.7 Å². The van der Waals surface area contributed by atoms with E-state index < -0.39 is 21.1 Å². The van der Waals surface area contributed by atoms with Crippen LogP contribution in [0.3, 0.4) is 0 Å². The van der Waals surface area contributed by atoms with Gasteiger partial charge in [-0.1, -0.05) is 12.1 Å². The fourth-order valence-corrected chi connectivity index (χ4v) is 2.83. The molecule has 1 N–H and O–H groups in total. The van der Waals surface area contributed by atoms with E-state index in [1.807, 2.05) is 0 Å².